The minimum absolute atomic E-state index is 0.0675. The zero-order valence-corrected chi connectivity index (χ0v) is 21.1. The SMILES string of the molecule is CC(C)C1(C)CC(OCCOC2CC(C)(C)N(O)C(C)(C(C)C)C2)CC(C)(C)N1[O]. The molecule has 4 unspecified atom stereocenters. The Hall–Kier alpha value is -0.240. The van der Waals surface area contributed by atoms with E-state index in [0.29, 0.717) is 19.1 Å². The number of nitrogens with zero attached hydrogens (tertiary/aromatic N) is 2. The number of hydrogen-bond donors (Lipinski definition) is 1. The van der Waals surface area contributed by atoms with Crippen molar-refractivity contribution < 1.29 is 19.9 Å². The molecule has 6 nitrogen and oxygen atoms in total. The number of piperidine rings is 2. The third kappa shape index (κ3) is 5.05. The van der Waals surface area contributed by atoms with Crippen molar-refractivity contribution in [2.24, 2.45) is 11.8 Å². The van der Waals surface area contributed by atoms with Crippen molar-refractivity contribution in [1.29, 1.82) is 0 Å². The molecule has 1 radical (unpaired) electrons. The second-order valence-electron chi connectivity index (χ2n) is 12.1. The van der Waals surface area contributed by atoms with Crippen LogP contribution in [-0.4, -0.2) is 62.9 Å². The molecule has 2 rings (SSSR count). The Labute approximate surface area is 184 Å². The van der Waals surface area contributed by atoms with Gasteiger partial charge in [0.1, 0.15) is 0 Å². The molecule has 1 N–H and O–H groups in total. The van der Waals surface area contributed by atoms with E-state index in [-0.39, 0.29) is 29.2 Å². The van der Waals surface area contributed by atoms with Gasteiger partial charge in [-0.05, 0) is 79.1 Å². The summed E-state index contributed by atoms with van der Waals surface area (Å²) in [5, 5.41) is 26.5. The van der Waals surface area contributed by atoms with Crippen LogP contribution in [0.4, 0.5) is 0 Å². The summed E-state index contributed by atoms with van der Waals surface area (Å²) in [6.07, 6.45) is 3.24. The van der Waals surface area contributed by atoms with Crippen molar-refractivity contribution in [2.75, 3.05) is 13.2 Å². The van der Waals surface area contributed by atoms with E-state index < -0.39 is 11.1 Å². The molecule has 0 spiro atoms. The molecule has 0 bridgehead atoms. The fourth-order valence-corrected chi connectivity index (χ4v) is 5.52. The van der Waals surface area contributed by atoms with Crippen molar-refractivity contribution in [3.63, 3.8) is 0 Å². The predicted octanol–water partition coefficient (Wildman–Crippen LogP) is 5.07. The minimum Gasteiger partial charge on any atom is -0.376 e. The highest BCUT2D eigenvalue weighted by atomic mass is 16.5. The van der Waals surface area contributed by atoms with Crippen molar-refractivity contribution in [2.45, 2.75) is 129 Å². The lowest BCUT2D eigenvalue weighted by atomic mass is 9.73. The average Bonchev–Trinajstić information content (AvgIpc) is 2.60. The van der Waals surface area contributed by atoms with Gasteiger partial charge >= 0.3 is 0 Å². The molecule has 0 aromatic heterocycles. The summed E-state index contributed by atoms with van der Waals surface area (Å²) < 4.78 is 12.5. The van der Waals surface area contributed by atoms with Crippen LogP contribution in [0.1, 0.15) is 94.9 Å². The molecule has 2 fully saturated rings. The van der Waals surface area contributed by atoms with Crippen LogP contribution in [0, 0.1) is 11.8 Å². The Bertz CT molecular complexity index is 530. The third-order valence-corrected chi connectivity index (χ3v) is 8.09. The normalized spacial score (nSPS) is 37.8. The highest BCUT2D eigenvalue weighted by Gasteiger charge is 2.51. The van der Waals surface area contributed by atoms with Gasteiger partial charge in [0.05, 0.1) is 31.0 Å². The average molecular weight is 428 g/mol. The molecule has 0 aliphatic carbocycles. The van der Waals surface area contributed by atoms with Crippen molar-refractivity contribution >= 4 is 0 Å². The first-order chi connectivity index (χ1) is 13.6. The molecule has 4 atom stereocenters. The quantitative estimate of drug-likeness (QED) is 0.575. The van der Waals surface area contributed by atoms with E-state index in [1.54, 1.807) is 5.06 Å². The van der Waals surface area contributed by atoms with Gasteiger partial charge in [-0.2, -0.15) is 5.06 Å². The number of hydrogen-bond acceptors (Lipinski definition) is 5. The van der Waals surface area contributed by atoms with Crippen LogP contribution in [0.5, 0.6) is 0 Å². The van der Waals surface area contributed by atoms with Crippen molar-refractivity contribution in [1.82, 2.24) is 10.1 Å². The van der Waals surface area contributed by atoms with Gasteiger partial charge < -0.3 is 14.7 Å². The third-order valence-electron chi connectivity index (χ3n) is 8.09. The van der Waals surface area contributed by atoms with E-state index in [0.717, 1.165) is 25.7 Å². The van der Waals surface area contributed by atoms with Gasteiger partial charge in [0, 0.05) is 16.6 Å². The van der Waals surface area contributed by atoms with Gasteiger partial charge in [0.25, 0.3) is 0 Å². The highest BCUT2D eigenvalue weighted by Crippen LogP contribution is 2.43. The standard InChI is InChI=1S/C24H47N2O4/c1-17(2)23(9)15-19(13-21(5,6)25(23)27)29-11-12-30-20-14-22(7,8)26(28)24(10,16-20)18(3)4/h17-20,27H,11-16H2,1-10H3. The van der Waals surface area contributed by atoms with Gasteiger partial charge in [0.2, 0.25) is 0 Å². The summed E-state index contributed by atoms with van der Waals surface area (Å²) in [6.45, 7) is 22.0. The molecule has 2 aliphatic heterocycles. The van der Waals surface area contributed by atoms with E-state index in [1.165, 1.54) is 5.06 Å². The van der Waals surface area contributed by atoms with Crippen LogP contribution >= 0.6 is 0 Å². The molecule has 30 heavy (non-hydrogen) atoms. The smallest absolute Gasteiger partial charge is 0.0704 e. The fraction of sp³-hybridized carbons (Fsp3) is 1.00. The van der Waals surface area contributed by atoms with Crippen LogP contribution in [-0.2, 0) is 14.7 Å². The van der Waals surface area contributed by atoms with Gasteiger partial charge in [-0.25, -0.2) is 0 Å². The second-order valence-corrected chi connectivity index (χ2v) is 12.1. The summed E-state index contributed by atoms with van der Waals surface area (Å²) in [7, 11) is 0. The van der Waals surface area contributed by atoms with Gasteiger partial charge in [-0.3, -0.25) is 0 Å². The highest BCUT2D eigenvalue weighted by molar-refractivity contribution is 5.01. The molecule has 2 aliphatic rings. The maximum Gasteiger partial charge on any atom is 0.0704 e. The molecule has 2 heterocycles. The monoisotopic (exact) mass is 427 g/mol. The second kappa shape index (κ2) is 8.95. The van der Waals surface area contributed by atoms with Gasteiger partial charge in [-0.1, -0.05) is 27.7 Å². The number of rotatable bonds is 7. The predicted molar refractivity (Wildman–Crippen MR) is 119 cm³/mol. The lowest BCUT2D eigenvalue weighted by molar-refractivity contribution is -0.316. The molecule has 0 amide bonds. The maximum absolute atomic E-state index is 12.9. The van der Waals surface area contributed by atoms with Crippen molar-refractivity contribution in [3.8, 4) is 0 Å². The largest absolute Gasteiger partial charge is 0.376 e. The molecule has 0 saturated carbocycles. The van der Waals surface area contributed by atoms with Crippen LogP contribution in [0.25, 0.3) is 0 Å². The summed E-state index contributed by atoms with van der Waals surface area (Å²) in [5.74, 6) is 0.578. The topological polar surface area (TPSA) is 65.1 Å². The lowest BCUT2D eigenvalue weighted by Gasteiger charge is -2.54. The van der Waals surface area contributed by atoms with E-state index in [2.05, 4.69) is 55.4 Å². The Morgan fingerprint density at radius 1 is 0.767 bits per heavy atom. The minimum atomic E-state index is -0.431. The zero-order chi connectivity index (χ0) is 23.1. The lowest BCUT2D eigenvalue weighted by Crippen LogP contribution is -2.64. The summed E-state index contributed by atoms with van der Waals surface area (Å²) in [5.41, 5.74) is -1.48. The number of hydroxylamine groups is 4. The van der Waals surface area contributed by atoms with E-state index in [9.17, 15) is 10.4 Å². The maximum atomic E-state index is 12.9. The molecular weight excluding hydrogens is 380 g/mol. The summed E-state index contributed by atoms with van der Waals surface area (Å²) in [4.78, 5) is 0. The fourth-order valence-electron chi connectivity index (χ4n) is 5.52. The number of ether oxygens (including phenoxy) is 2. The van der Waals surface area contributed by atoms with Crippen LogP contribution < -0.4 is 0 Å². The molecule has 2 saturated heterocycles. The molecular formula is C24H47N2O4. The Kier molecular flexibility index (Phi) is 7.76. The van der Waals surface area contributed by atoms with Crippen molar-refractivity contribution in [3.05, 3.63) is 0 Å². The molecule has 6 heteroatoms. The van der Waals surface area contributed by atoms with E-state index in [1.807, 2.05) is 13.8 Å². The molecule has 0 aromatic carbocycles. The van der Waals surface area contributed by atoms with E-state index >= 15 is 0 Å². The Morgan fingerprint density at radius 2 is 1.17 bits per heavy atom. The first-order valence-corrected chi connectivity index (χ1v) is 11.8. The van der Waals surface area contributed by atoms with Crippen LogP contribution in [0.15, 0.2) is 0 Å². The van der Waals surface area contributed by atoms with Gasteiger partial charge in [0.15, 0.2) is 0 Å². The summed E-state index contributed by atoms with van der Waals surface area (Å²) in [6, 6.07) is 0. The first kappa shape index (κ1) is 26.0. The zero-order valence-electron chi connectivity index (χ0n) is 21.1. The van der Waals surface area contributed by atoms with Crippen LogP contribution in [0.2, 0.25) is 0 Å². The first-order valence-electron chi connectivity index (χ1n) is 11.8. The Balaban J connectivity index is 1.92. The summed E-state index contributed by atoms with van der Waals surface area (Å²) >= 11 is 0. The van der Waals surface area contributed by atoms with Gasteiger partial charge in [-0.15, -0.1) is 10.3 Å². The van der Waals surface area contributed by atoms with Crippen LogP contribution in [0.3, 0.4) is 0 Å². The molecule has 177 valence electrons. The molecule has 0 aromatic rings. The Morgan fingerprint density at radius 3 is 1.60 bits per heavy atom. The van der Waals surface area contributed by atoms with E-state index in [4.69, 9.17) is 9.47 Å².